The van der Waals surface area contributed by atoms with E-state index < -0.39 is 0 Å². The first-order valence-corrected chi connectivity index (χ1v) is 4.81. The Hall–Kier alpha value is 0.130. The van der Waals surface area contributed by atoms with Gasteiger partial charge in [0.05, 0.1) is 41.0 Å². The molecule has 0 saturated heterocycles. The van der Waals surface area contributed by atoms with Crippen molar-refractivity contribution in [2.24, 2.45) is 5.41 Å². The van der Waals surface area contributed by atoms with Gasteiger partial charge in [0.25, 0.3) is 0 Å². The normalized spacial score (nSPS) is 11.2. The first-order chi connectivity index (χ1) is 6.18. The van der Waals surface area contributed by atoms with Gasteiger partial charge in [-0.05, 0) is 0 Å². The van der Waals surface area contributed by atoms with Gasteiger partial charge in [-0.1, -0.05) is 13.8 Å². The minimum Gasteiger partial charge on any atom is -1.00 e. The van der Waals surface area contributed by atoms with Crippen LogP contribution >= 0.6 is 0 Å². The number of aliphatic hydroxyl groups is 3. The zero-order chi connectivity index (χ0) is 11.8. The lowest BCUT2D eigenvalue weighted by atomic mass is 9.97. The second kappa shape index (κ2) is 9.36. The van der Waals surface area contributed by atoms with Crippen molar-refractivity contribution in [1.29, 1.82) is 0 Å². The van der Waals surface area contributed by atoms with Gasteiger partial charge >= 0.3 is 0 Å². The fraction of sp³-hybridized carbons (Fsp3) is 1.00. The molecule has 0 saturated carbocycles. The third-order valence-corrected chi connectivity index (χ3v) is 1.63. The molecule has 4 nitrogen and oxygen atoms in total. The predicted molar refractivity (Wildman–Crippen MR) is 57.9 cm³/mol. The van der Waals surface area contributed by atoms with Crippen LogP contribution in [0, 0.1) is 5.41 Å². The largest absolute Gasteiger partial charge is 1.00 e. The summed E-state index contributed by atoms with van der Waals surface area (Å²) in [7, 11) is 6.16. The van der Waals surface area contributed by atoms with E-state index in [2.05, 4.69) is 21.1 Å². The highest BCUT2D eigenvalue weighted by Crippen LogP contribution is 2.10. The molecule has 0 rings (SSSR count). The average molecular weight is 244 g/mol. The van der Waals surface area contributed by atoms with Crippen LogP contribution in [0.4, 0.5) is 0 Å². The summed E-state index contributed by atoms with van der Waals surface area (Å²) in [4.78, 5) is 0. The number of hydrogen-bond donors (Lipinski definition) is 3. The van der Waals surface area contributed by atoms with E-state index in [1.54, 1.807) is 13.8 Å². The minimum atomic E-state index is -0.306. The van der Waals surface area contributed by atoms with Crippen LogP contribution in [0.2, 0.25) is 0 Å². The predicted octanol–water partition coefficient (Wildman–Crippen LogP) is -3.31. The molecule has 0 spiro atoms. The van der Waals surface area contributed by atoms with Gasteiger partial charge in [-0.3, -0.25) is 0 Å². The van der Waals surface area contributed by atoms with Gasteiger partial charge in [0.15, 0.2) is 0 Å². The SMILES string of the molecule is CC(C)(CO)CO.C[N+](C)(C)CCO.[Cl-]. The number of aliphatic hydroxyl groups excluding tert-OH is 3. The third-order valence-electron chi connectivity index (χ3n) is 1.63. The molecule has 5 heteroatoms. The molecule has 0 aliphatic heterocycles. The van der Waals surface area contributed by atoms with Crippen molar-refractivity contribution in [3.63, 3.8) is 0 Å². The van der Waals surface area contributed by atoms with Crippen LogP contribution in [0.15, 0.2) is 0 Å². The van der Waals surface area contributed by atoms with E-state index in [9.17, 15) is 0 Å². The van der Waals surface area contributed by atoms with Gasteiger partial charge in [-0.25, -0.2) is 0 Å². The average Bonchev–Trinajstić information content (AvgIpc) is 2.04. The van der Waals surface area contributed by atoms with Gasteiger partial charge in [0, 0.05) is 5.41 Å². The molecule has 0 radical (unpaired) electrons. The highest BCUT2D eigenvalue weighted by molar-refractivity contribution is 4.62. The van der Waals surface area contributed by atoms with Crippen molar-refractivity contribution in [3.05, 3.63) is 0 Å². The molecule has 96 valence electrons. The third kappa shape index (κ3) is 20.3. The molecule has 15 heavy (non-hydrogen) atoms. The van der Waals surface area contributed by atoms with E-state index in [1.807, 2.05) is 0 Å². The molecule has 0 unspecified atom stereocenters. The second-order valence-corrected chi connectivity index (χ2v) is 5.22. The molecule has 0 atom stereocenters. The molecule has 0 aliphatic rings. The van der Waals surface area contributed by atoms with Crippen LogP contribution in [-0.2, 0) is 0 Å². The smallest absolute Gasteiger partial charge is 0.101 e. The number of likely N-dealkylation sites (N-methyl/N-ethyl adjacent to an activating group) is 1. The van der Waals surface area contributed by atoms with Gasteiger partial charge < -0.3 is 32.2 Å². The fourth-order valence-electron chi connectivity index (χ4n) is 0.350. The Labute approximate surface area is 99.5 Å². The minimum absolute atomic E-state index is 0. The zero-order valence-corrected chi connectivity index (χ0v) is 11.3. The van der Waals surface area contributed by atoms with Crippen LogP contribution in [0.25, 0.3) is 0 Å². The monoisotopic (exact) mass is 243 g/mol. The molecule has 0 aromatic heterocycles. The molecule has 0 fully saturated rings. The van der Waals surface area contributed by atoms with Gasteiger partial charge in [0.1, 0.15) is 6.54 Å². The molecule has 0 amide bonds. The molecular formula is C10H26ClNO3. The number of rotatable bonds is 4. The molecule has 0 bridgehead atoms. The van der Waals surface area contributed by atoms with Crippen LogP contribution in [0.5, 0.6) is 0 Å². The van der Waals surface area contributed by atoms with E-state index in [4.69, 9.17) is 15.3 Å². The zero-order valence-electron chi connectivity index (χ0n) is 10.5. The quantitative estimate of drug-likeness (QED) is 0.453. The maximum atomic E-state index is 8.43. The lowest BCUT2D eigenvalue weighted by Gasteiger charge is -2.21. The van der Waals surface area contributed by atoms with Gasteiger partial charge in [-0.15, -0.1) is 0 Å². The van der Waals surface area contributed by atoms with E-state index in [0.29, 0.717) is 0 Å². The lowest BCUT2D eigenvalue weighted by molar-refractivity contribution is -0.870. The first kappa shape index (κ1) is 20.5. The Kier molecular flexibility index (Phi) is 12.8. The summed E-state index contributed by atoms with van der Waals surface area (Å²) in [5.41, 5.74) is -0.306. The highest BCUT2D eigenvalue weighted by atomic mass is 35.5. The molecule has 0 aromatic rings. The summed E-state index contributed by atoms with van der Waals surface area (Å²) < 4.78 is 0.844. The van der Waals surface area contributed by atoms with Gasteiger partial charge in [0.2, 0.25) is 0 Å². The Balaban J connectivity index is -0.000000180. The summed E-state index contributed by atoms with van der Waals surface area (Å²) in [6.07, 6.45) is 0. The first-order valence-electron chi connectivity index (χ1n) is 4.81. The Morgan fingerprint density at radius 3 is 1.27 bits per heavy atom. The van der Waals surface area contributed by atoms with E-state index in [0.717, 1.165) is 11.0 Å². The number of hydrogen-bond acceptors (Lipinski definition) is 3. The molecule has 3 N–H and O–H groups in total. The van der Waals surface area contributed by atoms with Crippen molar-refractivity contribution in [1.82, 2.24) is 0 Å². The van der Waals surface area contributed by atoms with Crippen LogP contribution in [-0.4, -0.2) is 67.3 Å². The topological polar surface area (TPSA) is 60.7 Å². The maximum Gasteiger partial charge on any atom is 0.101 e. The molecular weight excluding hydrogens is 218 g/mol. The standard InChI is InChI=1S/C5H14NO.C5H12O2.ClH/c1-6(2,3)4-5-7;1-5(2,3-6)4-7;/h7H,4-5H2,1-3H3;6-7H,3-4H2,1-2H3;1H/q+1;;/p-1. The summed E-state index contributed by atoms with van der Waals surface area (Å²) in [6.45, 7) is 4.80. The lowest BCUT2D eigenvalue weighted by Crippen LogP contribution is -3.00. The number of halogens is 1. The van der Waals surface area contributed by atoms with Crippen molar-refractivity contribution >= 4 is 0 Å². The van der Waals surface area contributed by atoms with E-state index >= 15 is 0 Å². The van der Waals surface area contributed by atoms with Crippen LogP contribution in [0.1, 0.15) is 13.8 Å². The number of quaternary nitrogens is 1. The molecule has 0 aromatic carbocycles. The molecule has 0 aliphatic carbocycles. The van der Waals surface area contributed by atoms with Crippen molar-refractivity contribution < 1.29 is 32.2 Å². The van der Waals surface area contributed by atoms with Crippen molar-refractivity contribution in [3.8, 4) is 0 Å². The van der Waals surface area contributed by atoms with E-state index in [1.165, 1.54) is 0 Å². The second-order valence-electron chi connectivity index (χ2n) is 5.22. The van der Waals surface area contributed by atoms with Gasteiger partial charge in [-0.2, -0.15) is 0 Å². The fourth-order valence-corrected chi connectivity index (χ4v) is 0.350. The van der Waals surface area contributed by atoms with Crippen LogP contribution in [0.3, 0.4) is 0 Å². The highest BCUT2D eigenvalue weighted by Gasteiger charge is 2.13. The van der Waals surface area contributed by atoms with E-state index in [-0.39, 0.29) is 37.6 Å². The van der Waals surface area contributed by atoms with Crippen LogP contribution < -0.4 is 12.4 Å². The van der Waals surface area contributed by atoms with Crippen molar-refractivity contribution in [2.45, 2.75) is 13.8 Å². The summed E-state index contributed by atoms with van der Waals surface area (Å²) in [5.74, 6) is 0. The summed E-state index contributed by atoms with van der Waals surface area (Å²) in [5, 5.41) is 25.3. The number of nitrogens with zero attached hydrogens (tertiary/aromatic N) is 1. The summed E-state index contributed by atoms with van der Waals surface area (Å²) in [6, 6.07) is 0. The Morgan fingerprint density at radius 1 is 0.933 bits per heavy atom. The Morgan fingerprint density at radius 2 is 1.27 bits per heavy atom. The van der Waals surface area contributed by atoms with Crippen molar-refractivity contribution in [2.75, 3.05) is 47.5 Å². The molecule has 0 heterocycles. The maximum absolute atomic E-state index is 8.43. The summed E-state index contributed by atoms with van der Waals surface area (Å²) >= 11 is 0. The Bertz CT molecular complexity index is 129.